The molecule has 0 radical (unpaired) electrons. The Morgan fingerprint density at radius 1 is 1.24 bits per heavy atom. The van der Waals surface area contributed by atoms with E-state index in [-0.39, 0.29) is 31.1 Å². The Morgan fingerprint density at radius 3 is 2.72 bits per heavy atom. The van der Waals surface area contributed by atoms with Gasteiger partial charge in [0, 0.05) is 18.7 Å². The Kier molecular flexibility index (Phi) is 4.53. The molecule has 3 aromatic rings. The Hall–Kier alpha value is -2.75. The molecule has 0 fully saturated rings. The largest absolute Gasteiger partial charge is 0.457 e. The lowest BCUT2D eigenvalue weighted by molar-refractivity contribution is -0.141. The van der Waals surface area contributed by atoms with E-state index in [2.05, 4.69) is 20.3 Å². The average Bonchev–Trinajstić information content (AvgIpc) is 3.20. The minimum Gasteiger partial charge on any atom is -0.457 e. The molecule has 0 saturated heterocycles. The van der Waals surface area contributed by atoms with Gasteiger partial charge in [0.15, 0.2) is 5.76 Å². The topological polar surface area (TPSA) is 89.9 Å². The Balaban J connectivity index is 1.71. The van der Waals surface area contributed by atoms with Crippen molar-refractivity contribution in [2.45, 2.75) is 32.7 Å². The van der Waals surface area contributed by atoms with E-state index in [9.17, 15) is 13.2 Å². The van der Waals surface area contributed by atoms with Gasteiger partial charge in [-0.05, 0) is 25.1 Å². The molecule has 0 aliphatic rings. The van der Waals surface area contributed by atoms with Gasteiger partial charge in [0.2, 0.25) is 0 Å². The summed E-state index contributed by atoms with van der Waals surface area (Å²) in [5, 5.41) is 16.8. The van der Waals surface area contributed by atoms with Gasteiger partial charge < -0.3 is 9.52 Å². The number of halogens is 3. The highest BCUT2D eigenvalue weighted by Crippen LogP contribution is 2.27. The molecule has 0 atom stereocenters. The molecule has 0 unspecified atom stereocenters. The predicted octanol–water partition coefficient (Wildman–Crippen LogP) is 2.39. The molecule has 0 saturated carbocycles. The number of rotatable bonds is 5. The monoisotopic (exact) mass is 353 g/mol. The standard InChI is InChI=1S/C15H14F3N5O2/c1-9-6-13(15(16,17)18)20-14(19-9)4-5-23-7-11(21-22-23)12-3-2-10(8-24)25-12/h2-3,6-7,24H,4-5,8H2,1H3. The first kappa shape index (κ1) is 17.1. The summed E-state index contributed by atoms with van der Waals surface area (Å²) in [5.41, 5.74) is -0.244. The van der Waals surface area contributed by atoms with Crippen molar-refractivity contribution in [3.05, 3.63) is 47.4 Å². The normalized spacial score (nSPS) is 11.9. The van der Waals surface area contributed by atoms with Gasteiger partial charge in [-0.2, -0.15) is 13.2 Å². The van der Waals surface area contributed by atoms with E-state index in [0.29, 0.717) is 17.2 Å². The number of aliphatic hydroxyl groups is 1. The smallest absolute Gasteiger partial charge is 0.433 e. The first-order chi connectivity index (χ1) is 11.8. The van der Waals surface area contributed by atoms with Crippen LogP contribution in [0.4, 0.5) is 13.2 Å². The van der Waals surface area contributed by atoms with E-state index in [1.54, 1.807) is 18.3 Å². The highest BCUT2D eigenvalue weighted by Gasteiger charge is 2.33. The summed E-state index contributed by atoms with van der Waals surface area (Å²) in [6.45, 7) is 1.53. The average molecular weight is 353 g/mol. The van der Waals surface area contributed by atoms with Crippen LogP contribution in [0.2, 0.25) is 0 Å². The molecule has 132 valence electrons. The number of aryl methyl sites for hydroxylation is 3. The van der Waals surface area contributed by atoms with Gasteiger partial charge in [0.05, 0.1) is 6.20 Å². The fourth-order valence-electron chi connectivity index (χ4n) is 2.22. The fraction of sp³-hybridized carbons (Fsp3) is 0.333. The second-order valence-corrected chi connectivity index (χ2v) is 5.35. The Bertz CT molecular complexity index is 872. The first-order valence-corrected chi connectivity index (χ1v) is 7.37. The lowest BCUT2D eigenvalue weighted by Gasteiger charge is -2.08. The Morgan fingerprint density at radius 2 is 2.04 bits per heavy atom. The van der Waals surface area contributed by atoms with Gasteiger partial charge in [0.1, 0.15) is 29.6 Å². The molecule has 0 aliphatic heterocycles. The van der Waals surface area contributed by atoms with Gasteiger partial charge in [-0.25, -0.2) is 9.97 Å². The highest BCUT2D eigenvalue weighted by molar-refractivity contribution is 5.50. The lowest BCUT2D eigenvalue weighted by atomic mass is 10.3. The summed E-state index contributed by atoms with van der Waals surface area (Å²) in [4.78, 5) is 7.58. The fourth-order valence-corrected chi connectivity index (χ4v) is 2.22. The van der Waals surface area contributed by atoms with Crippen molar-refractivity contribution in [2.24, 2.45) is 0 Å². The van der Waals surface area contributed by atoms with Crippen molar-refractivity contribution in [1.29, 1.82) is 0 Å². The van der Waals surface area contributed by atoms with Crippen molar-refractivity contribution in [1.82, 2.24) is 25.0 Å². The number of alkyl halides is 3. The molecule has 3 rings (SSSR count). The maximum Gasteiger partial charge on any atom is 0.433 e. The van der Waals surface area contributed by atoms with E-state index in [0.717, 1.165) is 6.07 Å². The molecular formula is C15H14F3N5O2. The van der Waals surface area contributed by atoms with Crippen molar-refractivity contribution in [3.8, 4) is 11.5 Å². The zero-order chi connectivity index (χ0) is 18.0. The molecule has 1 N–H and O–H groups in total. The second kappa shape index (κ2) is 6.63. The van der Waals surface area contributed by atoms with Crippen LogP contribution in [0.5, 0.6) is 0 Å². The molecule has 0 aliphatic carbocycles. The number of hydrogen-bond acceptors (Lipinski definition) is 6. The number of aromatic nitrogens is 5. The summed E-state index contributed by atoms with van der Waals surface area (Å²) in [6.07, 6.45) is -2.74. The van der Waals surface area contributed by atoms with Crippen molar-refractivity contribution in [3.63, 3.8) is 0 Å². The van der Waals surface area contributed by atoms with Crippen LogP contribution in [-0.4, -0.2) is 30.1 Å². The van der Waals surface area contributed by atoms with Gasteiger partial charge in [-0.15, -0.1) is 5.10 Å². The van der Waals surface area contributed by atoms with Gasteiger partial charge in [0.25, 0.3) is 0 Å². The zero-order valence-electron chi connectivity index (χ0n) is 13.2. The molecule has 0 spiro atoms. The first-order valence-electron chi connectivity index (χ1n) is 7.37. The van der Waals surface area contributed by atoms with Crippen LogP contribution < -0.4 is 0 Å². The van der Waals surface area contributed by atoms with Crippen LogP contribution in [0.1, 0.15) is 23.0 Å². The van der Waals surface area contributed by atoms with E-state index in [1.807, 2.05) is 0 Å². The number of furan rings is 1. The van der Waals surface area contributed by atoms with E-state index < -0.39 is 11.9 Å². The molecule has 0 aromatic carbocycles. The van der Waals surface area contributed by atoms with Gasteiger partial charge in [-0.3, -0.25) is 4.68 Å². The van der Waals surface area contributed by atoms with Crippen LogP contribution in [0, 0.1) is 6.92 Å². The maximum atomic E-state index is 12.8. The van der Waals surface area contributed by atoms with Crippen LogP contribution in [0.3, 0.4) is 0 Å². The maximum absolute atomic E-state index is 12.8. The minimum atomic E-state index is -4.51. The molecule has 3 heterocycles. The van der Waals surface area contributed by atoms with Crippen molar-refractivity contribution in [2.75, 3.05) is 0 Å². The Labute approximate surface area is 140 Å². The van der Waals surface area contributed by atoms with Crippen LogP contribution >= 0.6 is 0 Å². The van der Waals surface area contributed by atoms with E-state index in [4.69, 9.17) is 9.52 Å². The third kappa shape index (κ3) is 4.02. The van der Waals surface area contributed by atoms with Gasteiger partial charge in [-0.1, -0.05) is 5.21 Å². The number of aliphatic hydroxyl groups excluding tert-OH is 1. The van der Waals surface area contributed by atoms with E-state index >= 15 is 0 Å². The third-order valence-electron chi connectivity index (χ3n) is 3.36. The zero-order valence-corrected chi connectivity index (χ0v) is 13.2. The third-order valence-corrected chi connectivity index (χ3v) is 3.36. The summed E-state index contributed by atoms with van der Waals surface area (Å²) >= 11 is 0. The number of nitrogens with zero attached hydrogens (tertiary/aromatic N) is 5. The molecule has 7 nitrogen and oxygen atoms in total. The van der Waals surface area contributed by atoms with Crippen LogP contribution in [-0.2, 0) is 25.7 Å². The summed E-state index contributed by atoms with van der Waals surface area (Å²) < 4.78 is 45.2. The van der Waals surface area contributed by atoms with Crippen molar-refractivity contribution < 1.29 is 22.7 Å². The summed E-state index contributed by atoms with van der Waals surface area (Å²) in [7, 11) is 0. The molecule has 25 heavy (non-hydrogen) atoms. The molecular weight excluding hydrogens is 339 g/mol. The molecule has 0 bridgehead atoms. The van der Waals surface area contributed by atoms with Crippen LogP contribution in [0.15, 0.2) is 28.8 Å². The second-order valence-electron chi connectivity index (χ2n) is 5.35. The quantitative estimate of drug-likeness (QED) is 0.757. The van der Waals surface area contributed by atoms with Gasteiger partial charge >= 0.3 is 6.18 Å². The lowest BCUT2D eigenvalue weighted by Crippen LogP contribution is -2.13. The predicted molar refractivity (Wildman–Crippen MR) is 79.1 cm³/mol. The van der Waals surface area contributed by atoms with E-state index in [1.165, 1.54) is 11.6 Å². The molecule has 0 amide bonds. The minimum absolute atomic E-state index is 0.0879. The molecule has 3 aromatic heterocycles. The SMILES string of the molecule is Cc1cc(C(F)(F)F)nc(CCn2cc(-c3ccc(CO)o3)nn2)n1. The highest BCUT2D eigenvalue weighted by atomic mass is 19.4. The number of hydrogen-bond donors (Lipinski definition) is 1. The van der Waals surface area contributed by atoms with Crippen molar-refractivity contribution >= 4 is 0 Å². The summed E-state index contributed by atoms with van der Waals surface area (Å²) in [6, 6.07) is 4.18. The summed E-state index contributed by atoms with van der Waals surface area (Å²) in [5.74, 6) is 0.934. The van der Waals surface area contributed by atoms with Crippen LogP contribution in [0.25, 0.3) is 11.5 Å². The molecule has 10 heteroatoms.